The van der Waals surface area contributed by atoms with E-state index < -0.39 is 0 Å². The fourth-order valence-electron chi connectivity index (χ4n) is 0.714. The van der Waals surface area contributed by atoms with Crippen LogP contribution < -0.4 is 0 Å². The zero-order chi connectivity index (χ0) is 20.6. The van der Waals surface area contributed by atoms with Crippen LogP contribution in [0.5, 0.6) is 0 Å². The summed E-state index contributed by atoms with van der Waals surface area (Å²) in [5, 5.41) is 0. The van der Waals surface area contributed by atoms with Crippen LogP contribution in [0.15, 0.2) is 24.3 Å². The van der Waals surface area contributed by atoms with E-state index in [1.54, 1.807) is 24.3 Å². The van der Waals surface area contributed by atoms with Crippen molar-refractivity contribution in [3.63, 3.8) is 0 Å². The average Bonchev–Trinajstić information content (AvgIpc) is 3.47. The van der Waals surface area contributed by atoms with Gasteiger partial charge in [-0.3, -0.25) is 12.2 Å². The summed E-state index contributed by atoms with van der Waals surface area (Å²) in [5.41, 5.74) is 0. The zero-order valence-electron chi connectivity index (χ0n) is 13.9. The van der Waals surface area contributed by atoms with E-state index in [0.717, 1.165) is 19.3 Å². The Bertz CT molecular complexity index is 389. The number of hydrogen-bond donors (Lipinski definition) is 0. The van der Waals surface area contributed by atoms with Crippen molar-refractivity contribution in [3.8, 4) is 0 Å². The van der Waals surface area contributed by atoms with Gasteiger partial charge in [0.15, 0.2) is 0 Å². The number of unbranched alkanes of at least 4 members (excludes halogenated alkanes) is 2. The molecule has 2 aromatic rings. The van der Waals surface area contributed by atoms with Crippen LogP contribution in [0.2, 0.25) is 0 Å². The smallest absolute Gasteiger partial charge is 0 e. The van der Waals surface area contributed by atoms with E-state index in [-0.39, 0.29) is 34.1 Å². The van der Waals surface area contributed by atoms with Crippen molar-refractivity contribution in [2.75, 3.05) is 0 Å². The third kappa shape index (κ3) is 80.2. The standard InChI is InChI=1S/C7H10.2C5H.4CO.2Fe/c1-3-5-7-6-4-2;2*1-2-4-5-3-1;4*1-2;;/h1-4H,5-7H2;2*1H;;;;;;/q-2;2*-5;;;;;;. The topological polar surface area (TPSA) is 79.6 Å². The Morgan fingerprint density at radius 3 is 0.926 bits per heavy atom. The van der Waals surface area contributed by atoms with Crippen LogP contribution in [0, 0.1) is 88.3 Å². The molecule has 0 aliphatic rings. The third-order valence-corrected chi connectivity index (χ3v) is 1.44. The summed E-state index contributed by atoms with van der Waals surface area (Å²) in [4.78, 5) is 0. The first kappa shape index (κ1) is 44.5. The van der Waals surface area contributed by atoms with Crippen molar-refractivity contribution >= 4 is 0 Å². The van der Waals surface area contributed by atoms with Gasteiger partial charge in [-0.1, -0.05) is 19.3 Å². The minimum absolute atomic E-state index is 0. The molecular formula is C21H12Fe2O4-12. The monoisotopic (exact) mass is 440 g/mol. The van der Waals surface area contributed by atoms with E-state index in [4.69, 9.17) is 31.8 Å². The molecule has 2 aromatic carbocycles. The average molecular weight is 440 g/mol. The summed E-state index contributed by atoms with van der Waals surface area (Å²) in [6.45, 7) is 28.2. The van der Waals surface area contributed by atoms with Gasteiger partial charge in [0, 0.05) is 34.1 Å². The molecular weight excluding hydrogens is 428 g/mol. The van der Waals surface area contributed by atoms with Gasteiger partial charge in [0.2, 0.25) is 0 Å². The molecule has 27 heavy (non-hydrogen) atoms. The molecule has 0 amide bonds. The van der Waals surface area contributed by atoms with Crippen LogP contribution in [0.25, 0.3) is 0 Å². The van der Waals surface area contributed by atoms with E-state index in [9.17, 15) is 0 Å². The first-order valence-electron chi connectivity index (χ1n) is 5.95. The largest absolute Gasteiger partial charge is 0.999 e. The second kappa shape index (κ2) is 74.8. The van der Waals surface area contributed by atoms with E-state index in [1.807, 2.05) is 0 Å². The first-order chi connectivity index (χ1) is 12.4. The third-order valence-electron chi connectivity index (χ3n) is 1.44. The SMILES string of the molecule is [C-]#[O+].[C-]#[O+].[C-]#[O+].[C-]#[O+].[CH-]=CCCCC=[CH-].[Fe].[Fe].[c-]1[c-][c-][cH-][c-]1.[c-]1[c-][c-][cH-][c-]1. The molecule has 0 radical (unpaired) electrons. The van der Waals surface area contributed by atoms with Crippen LogP contribution in [0.1, 0.15) is 19.3 Å². The molecule has 2 rings (SSSR count). The van der Waals surface area contributed by atoms with Crippen molar-refractivity contribution < 1.29 is 52.7 Å². The van der Waals surface area contributed by atoms with Crippen LogP contribution in [-0.2, 0) is 52.7 Å². The minimum Gasteiger partial charge on any atom is -0.999 e. The molecule has 0 heterocycles. The van der Waals surface area contributed by atoms with Crippen LogP contribution in [0.3, 0.4) is 0 Å². The van der Waals surface area contributed by atoms with Gasteiger partial charge >= 0.3 is 45.2 Å². The van der Waals surface area contributed by atoms with Crippen molar-refractivity contribution in [1.29, 1.82) is 0 Å². The second-order valence-corrected chi connectivity index (χ2v) is 2.77. The minimum atomic E-state index is 0. The molecule has 0 bridgehead atoms. The number of allylic oxidation sites excluding steroid dienone is 2. The first-order valence-corrected chi connectivity index (χ1v) is 5.95. The van der Waals surface area contributed by atoms with Crippen LogP contribution >= 0.6 is 0 Å². The Morgan fingerprint density at radius 1 is 0.593 bits per heavy atom. The quantitative estimate of drug-likeness (QED) is 0.303. The van der Waals surface area contributed by atoms with Crippen LogP contribution in [0.4, 0.5) is 0 Å². The van der Waals surface area contributed by atoms with Crippen LogP contribution in [-0.4, -0.2) is 0 Å². The maximum atomic E-state index is 7.50. The van der Waals surface area contributed by atoms with Gasteiger partial charge in [-0.05, 0) is 0 Å². The molecule has 0 aliphatic carbocycles. The normalized spacial score (nSPS) is 5.33. The van der Waals surface area contributed by atoms with Gasteiger partial charge < -0.3 is 73.8 Å². The molecule has 0 unspecified atom stereocenters. The van der Waals surface area contributed by atoms with E-state index in [1.165, 1.54) is 0 Å². The van der Waals surface area contributed by atoms with E-state index >= 15 is 0 Å². The van der Waals surface area contributed by atoms with Crippen molar-refractivity contribution in [1.82, 2.24) is 0 Å². The number of rotatable bonds is 4. The molecule has 0 atom stereocenters. The zero-order valence-corrected chi connectivity index (χ0v) is 16.1. The Labute approximate surface area is 184 Å². The summed E-state index contributed by atoms with van der Waals surface area (Å²) in [6.07, 6.45) is 6.32. The Hall–Kier alpha value is -1.82. The van der Waals surface area contributed by atoms with Crippen molar-refractivity contribution in [2.24, 2.45) is 0 Å². The predicted octanol–water partition coefficient (Wildman–Crippen LogP) is 3.19. The van der Waals surface area contributed by atoms with Gasteiger partial charge in [0.25, 0.3) is 0 Å². The van der Waals surface area contributed by atoms with Gasteiger partial charge in [-0.2, -0.15) is 0 Å². The molecule has 148 valence electrons. The molecule has 4 nitrogen and oxygen atoms in total. The molecule has 0 fully saturated rings. The maximum absolute atomic E-state index is 7.50. The number of hydrogen-bond acceptors (Lipinski definition) is 0. The Kier molecular flexibility index (Phi) is 123. The summed E-state index contributed by atoms with van der Waals surface area (Å²) < 4.78 is 30.0. The summed E-state index contributed by atoms with van der Waals surface area (Å²) >= 11 is 0. The molecule has 0 saturated carbocycles. The van der Waals surface area contributed by atoms with Crippen molar-refractivity contribution in [2.45, 2.75) is 19.3 Å². The summed E-state index contributed by atoms with van der Waals surface area (Å²) in [7, 11) is 0. The molecule has 0 aliphatic heterocycles. The summed E-state index contributed by atoms with van der Waals surface area (Å²) in [5.74, 6) is 0. The Balaban J connectivity index is -0.0000000366. The van der Waals surface area contributed by atoms with Gasteiger partial charge in [-0.15, -0.1) is 0 Å². The fraction of sp³-hybridized carbons (Fsp3) is 0.143. The van der Waals surface area contributed by atoms with Gasteiger partial charge in [0.1, 0.15) is 0 Å². The van der Waals surface area contributed by atoms with E-state index in [0.29, 0.717) is 0 Å². The molecule has 0 saturated heterocycles. The Morgan fingerprint density at radius 2 is 0.815 bits per heavy atom. The molecule has 6 heteroatoms. The molecule has 0 aromatic heterocycles. The maximum Gasteiger partial charge on any atom is 0 e. The van der Waals surface area contributed by atoms with Gasteiger partial charge in [0.05, 0.1) is 0 Å². The molecule has 0 spiro atoms. The van der Waals surface area contributed by atoms with Gasteiger partial charge in [-0.25, -0.2) is 0 Å². The molecule has 0 N–H and O–H groups in total. The predicted molar refractivity (Wildman–Crippen MR) is 82.1 cm³/mol. The van der Waals surface area contributed by atoms with Crippen molar-refractivity contribution in [3.05, 3.63) is 113 Å². The summed E-state index contributed by atoms with van der Waals surface area (Å²) in [6, 6.07) is 24.0. The second-order valence-electron chi connectivity index (χ2n) is 2.77. The van der Waals surface area contributed by atoms with E-state index in [2.05, 4.69) is 75.1 Å². The fourth-order valence-corrected chi connectivity index (χ4v) is 0.714.